The third-order valence-electron chi connectivity index (χ3n) is 4.54. The molecule has 1 aromatic heterocycles. The molecule has 0 aliphatic heterocycles. The van der Waals surface area contributed by atoms with Crippen LogP contribution in [-0.2, 0) is 15.6 Å². The lowest BCUT2D eigenvalue weighted by Crippen LogP contribution is -2.34. The topological polar surface area (TPSA) is 125 Å². The summed E-state index contributed by atoms with van der Waals surface area (Å²) in [7, 11) is -3.82. The minimum Gasteiger partial charge on any atom is -0.334 e. The van der Waals surface area contributed by atoms with Crippen molar-refractivity contribution >= 4 is 22.4 Å². The molecule has 1 saturated carbocycles. The van der Waals surface area contributed by atoms with E-state index in [9.17, 15) is 8.42 Å². The minimum absolute atomic E-state index is 0. The minimum atomic E-state index is -3.82. The van der Waals surface area contributed by atoms with Crippen molar-refractivity contribution in [3.8, 4) is 11.5 Å². The maximum atomic E-state index is 11.7. The molecule has 9 heteroatoms. The molecule has 7 nitrogen and oxygen atoms in total. The lowest BCUT2D eigenvalue weighted by atomic mass is 9.98. The number of nitrogens with zero attached hydrogens (tertiary/aromatic N) is 2. The van der Waals surface area contributed by atoms with Crippen LogP contribution in [0.4, 0.5) is 0 Å². The summed E-state index contributed by atoms with van der Waals surface area (Å²) in [5, 5.41) is 9.28. The van der Waals surface area contributed by atoms with Crippen molar-refractivity contribution in [3.05, 3.63) is 29.1 Å². The Kier molecular flexibility index (Phi) is 5.06. The van der Waals surface area contributed by atoms with Gasteiger partial charge in [-0.2, -0.15) is 4.98 Å². The molecule has 0 atom stereocenters. The van der Waals surface area contributed by atoms with Crippen molar-refractivity contribution < 1.29 is 12.9 Å². The monoisotopic (exact) mass is 372 g/mol. The predicted octanol–water partition coefficient (Wildman–Crippen LogP) is 2.15. The van der Waals surface area contributed by atoms with Crippen molar-refractivity contribution in [1.29, 1.82) is 0 Å². The number of hydrogen-bond acceptors (Lipinski definition) is 6. The fourth-order valence-electron chi connectivity index (χ4n) is 3.02. The maximum absolute atomic E-state index is 11.7. The molecular formula is C15H21ClN4O3S. The number of sulfonamides is 1. The number of aromatic nitrogens is 2. The molecular weight excluding hydrogens is 352 g/mol. The van der Waals surface area contributed by atoms with Gasteiger partial charge in [-0.15, -0.1) is 12.4 Å². The molecule has 0 bridgehead atoms. The van der Waals surface area contributed by atoms with Gasteiger partial charge in [0.2, 0.25) is 10.0 Å². The van der Waals surface area contributed by atoms with Gasteiger partial charge in [0, 0.05) is 5.56 Å². The first-order valence-electron chi connectivity index (χ1n) is 7.48. The van der Waals surface area contributed by atoms with Gasteiger partial charge in [-0.3, -0.25) is 0 Å². The second-order valence-corrected chi connectivity index (χ2v) is 7.78. The third kappa shape index (κ3) is 3.32. The van der Waals surface area contributed by atoms with Crippen LogP contribution in [0.15, 0.2) is 21.6 Å². The van der Waals surface area contributed by atoms with E-state index >= 15 is 0 Å². The Hall–Kier alpha value is -1.48. The number of rotatable bonds is 3. The van der Waals surface area contributed by atoms with Gasteiger partial charge in [0.25, 0.3) is 5.89 Å². The Labute approximate surface area is 147 Å². The summed E-state index contributed by atoms with van der Waals surface area (Å²) in [5.74, 6) is 0.727. The van der Waals surface area contributed by atoms with E-state index in [2.05, 4.69) is 10.1 Å². The number of hydrogen-bond donors (Lipinski definition) is 2. The van der Waals surface area contributed by atoms with Crippen LogP contribution in [0.1, 0.15) is 42.6 Å². The Morgan fingerprint density at radius 2 is 1.83 bits per heavy atom. The van der Waals surface area contributed by atoms with Crippen LogP contribution in [0, 0.1) is 13.8 Å². The summed E-state index contributed by atoms with van der Waals surface area (Å²) in [6, 6.07) is 3.27. The van der Waals surface area contributed by atoms with Crippen LogP contribution >= 0.6 is 12.4 Å². The van der Waals surface area contributed by atoms with E-state index in [0.29, 0.717) is 17.0 Å². The normalized spacial score (nSPS) is 16.8. The summed E-state index contributed by atoms with van der Waals surface area (Å²) in [6.07, 6.45) is 3.72. The standard InChI is InChI=1S/C15H20N4O3S.ClH/c1-9-7-11(8-12(10(9)2)23(17,20)21)13-18-14(19-22-13)15(16)5-3-4-6-15;/h7-8H,3-6,16H2,1-2H3,(H2,17,20,21);1H. The van der Waals surface area contributed by atoms with E-state index in [4.69, 9.17) is 15.4 Å². The van der Waals surface area contributed by atoms with Crippen LogP contribution in [0.2, 0.25) is 0 Å². The van der Waals surface area contributed by atoms with E-state index in [1.165, 1.54) is 6.07 Å². The van der Waals surface area contributed by atoms with E-state index in [0.717, 1.165) is 31.2 Å². The molecule has 0 amide bonds. The Morgan fingerprint density at radius 3 is 2.42 bits per heavy atom. The van der Waals surface area contributed by atoms with Crippen LogP contribution in [-0.4, -0.2) is 18.6 Å². The Bertz CT molecular complexity index is 858. The number of halogens is 1. The van der Waals surface area contributed by atoms with Crippen molar-refractivity contribution in [3.63, 3.8) is 0 Å². The molecule has 0 unspecified atom stereocenters. The third-order valence-corrected chi connectivity index (χ3v) is 5.58. The first-order chi connectivity index (χ1) is 10.7. The molecule has 24 heavy (non-hydrogen) atoms. The van der Waals surface area contributed by atoms with Crippen molar-refractivity contribution in [2.24, 2.45) is 10.9 Å². The van der Waals surface area contributed by atoms with E-state index in [1.807, 2.05) is 6.92 Å². The molecule has 1 heterocycles. The molecule has 1 aromatic carbocycles. The zero-order valence-corrected chi connectivity index (χ0v) is 15.2. The van der Waals surface area contributed by atoms with Gasteiger partial charge < -0.3 is 10.3 Å². The lowest BCUT2D eigenvalue weighted by molar-refractivity contribution is 0.372. The fourth-order valence-corrected chi connectivity index (χ4v) is 3.90. The van der Waals surface area contributed by atoms with E-state index in [-0.39, 0.29) is 23.2 Å². The largest absolute Gasteiger partial charge is 0.334 e. The smallest absolute Gasteiger partial charge is 0.258 e. The molecule has 0 radical (unpaired) electrons. The highest BCUT2D eigenvalue weighted by Gasteiger charge is 2.36. The fraction of sp³-hybridized carbons (Fsp3) is 0.467. The van der Waals surface area contributed by atoms with Crippen molar-refractivity contribution in [1.82, 2.24) is 10.1 Å². The van der Waals surface area contributed by atoms with Gasteiger partial charge in [-0.25, -0.2) is 13.6 Å². The van der Waals surface area contributed by atoms with Crippen LogP contribution < -0.4 is 10.9 Å². The average molecular weight is 373 g/mol. The summed E-state index contributed by atoms with van der Waals surface area (Å²) in [5.41, 5.74) is 7.70. The highest BCUT2D eigenvalue weighted by molar-refractivity contribution is 7.89. The van der Waals surface area contributed by atoms with Crippen LogP contribution in [0.3, 0.4) is 0 Å². The summed E-state index contributed by atoms with van der Waals surface area (Å²) >= 11 is 0. The highest BCUT2D eigenvalue weighted by Crippen LogP contribution is 2.36. The molecule has 132 valence electrons. The SMILES string of the molecule is Cc1cc(-c2nc(C3(N)CCCC3)no2)cc(S(N)(=O)=O)c1C.Cl. The van der Waals surface area contributed by atoms with Gasteiger partial charge in [0.05, 0.1) is 10.4 Å². The van der Waals surface area contributed by atoms with Gasteiger partial charge >= 0.3 is 0 Å². The molecule has 0 saturated heterocycles. The molecule has 2 aromatic rings. The molecule has 1 aliphatic rings. The molecule has 1 aliphatic carbocycles. The van der Waals surface area contributed by atoms with Gasteiger partial charge in [-0.1, -0.05) is 18.0 Å². The quantitative estimate of drug-likeness (QED) is 0.850. The van der Waals surface area contributed by atoms with Crippen molar-refractivity contribution in [2.75, 3.05) is 0 Å². The van der Waals surface area contributed by atoms with Gasteiger partial charge in [-0.05, 0) is 49.9 Å². The van der Waals surface area contributed by atoms with Crippen molar-refractivity contribution in [2.45, 2.75) is 50.0 Å². The average Bonchev–Trinajstić information content (AvgIpc) is 3.10. The molecule has 3 rings (SSSR count). The summed E-state index contributed by atoms with van der Waals surface area (Å²) in [6.45, 7) is 3.53. The predicted molar refractivity (Wildman–Crippen MR) is 92.2 cm³/mol. The maximum Gasteiger partial charge on any atom is 0.258 e. The number of aryl methyl sites for hydroxylation is 1. The zero-order valence-electron chi connectivity index (χ0n) is 13.6. The zero-order chi connectivity index (χ0) is 16.8. The first-order valence-corrected chi connectivity index (χ1v) is 9.03. The Balaban J connectivity index is 0.00000208. The van der Waals surface area contributed by atoms with E-state index < -0.39 is 15.6 Å². The van der Waals surface area contributed by atoms with Gasteiger partial charge in [0.1, 0.15) is 0 Å². The first kappa shape index (κ1) is 18.9. The lowest BCUT2D eigenvalue weighted by Gasteiger charge is -2.17. The molecule has 1 fully saturated rings. The number of nitrogens with two attached hydrogens (primary N) is 2. The number of primary sulfonamides is 1. The van der Waals surface area contributed by atoms with E-state index in [1.54, 1.807) is 13.0 Å². The Morgan fingerprint density at radius 1 is 1.21 bits per heavy atom. The number of benzene rings is 1. The van der Waals surface area contributed by atoms with Crippen LogP contribution in [0.25, 0.3) is 11.5 Å². The summed E-state index contributed by atoms with van der Waals surface area (Å²) in [4.78, 5) is 4.46. The second-order valence-electron chi connectivity index (χ2n) is 6.25. The second kappa shape index (κ2) is 6.44. The van der Waals surface area contributed by atoms with Gasteiger partial charge in [0.15, 0.2) is 5.82 Å². The molecule has 4 N–H and O–H groups in total. The summed E-state index contributed by atoms with van der Waals surface area (Å²) < 4.78 is 28.8. The highest BCUT2D eigenvalue weighted by atomic mass is 35.5. The molecule has 0 spiro atoms. The van der Waals surface area contributed by atoms with Crippen LogP contribution in [0.5, 0.6) is 0 Å².